The molecule has 0 aliphatic carbocycles. The molecule has 2 heterocycles. The van der Waals surface area contributed by atoms with Crippen LogP contribution in [0.3, 0.4) is 0 Å². The number of nitrogens with zero attached hydrogens (tertiary/aromatic N) is 4. The first-order valence-electron chi connectivity index (χ1n) is 4.85. The van der Waals surface area contributed by atoms with E-state index in [9.17, 15) is 4.39 Å². The van der Waals surface area contributed by atoms with Crippen LogP contribution in [0.2, 0.25) is 0 Å². The monoisotopic (exact) mass is 222 g/mol. The van der Waals surface area contributed by atoms with E-state index >= 15 is 0 Å². The van der Waals surface area contributed by atoms with Gasteiger partial charge in [-0.3, -0.25) is 14.6 Å². The highest BCUT2D eigenvalue weighted by Crippen LogP contribution is 2.15. The Bertz CT molecular complexity index is 457. The number of aryl methyl sites for hydroxylation is 1. The van der Waals surface area contributed by atoms with Gasteiger partial charge in [0, 0.05) is 12.4 Å². The van der Waals surface area contributed by atoms with Crippen molar-refractivity contribution in [2.75, 3.05) is 6.67 Å². The fourth-order valence-corrected chi connectivity index (χ4v) is 1.41. The fraction of sp³-hybridized carbons (Fsp3) is 0.300. The summed E-state index contributed by atoms with van der Waals surface area (Å²) >= 11 is 0. The zero-order valence-electron chi connectivity index (χ0n) is 8.54. The topological polar surface area (TPSA) is 63.8 Å². The number of aromatic nitrogens is 4. The van der Waals surface area contributed by atoms with Crippen molar-refractivity contribution in [2.24, 2.45) is 0 Å². The van der Waals surface area contributed by atoms with Gasteiger partial charge in [-0.25, -0.2) is 4.39 Å². The molecule has 16 heavy (non-hydrogen) atoms. The van der Waals surface area contributed by atoms with Crippen LogP contribution in [-0.4, -0.2) is 31.5 Å². The summed E-state index contributed by atoms with van der Waals surface area (Å²) in [6, 6.07) is 1.68. The van der Waals surface area contributed by atoms with Crippen molar-refractivity contribution in [2.45, 2.75) is 13.2 Å². The molecule has 84 valence electrons. The molecule has 0 spiro atoms. The number of aliphatic hydroxyl groups is 1. The van der Waals surface area contributed by atoms with Crippen molar-refractivity contribution in [3.8, 4) is 11.4 Å². The van der Waals surface area contributed by atoms with Gasteiger partial charge >= 0.3 is 0 Å². The highest BCUT2D eigenvalue weighted by Gasteiger charge is 2.09. The molecule has 2 aromatic heterocycles. The van der Waals surface area contributed by atoms with Crippen LogP contribution in [0.25, 0.3) is 11.4 Å². The summed E-state index contributed by atoms with van der Waals surface area (Å²) in [5.74, 6) is 0. The van der Waals surface area contributed by atoms with Crippen LogP contribution in [-0.2, 0) is 13.2 Å². The first-order chi connectivity index (χ1) is 7.85. The smallest absolute Gasteiger partial charge is 0.113 e. The van der Waals surface area contributed by atoms with E-state index in [1.165, 1.54) is 4.68 Å². The van der Waals surface area contributed by atoms with Crippen molar-refractivity contribution < 1.29 is 9.50 Å². The number of alkyl halides is 1. The quantitative estimate of drug-likeness (QED) is 0.831. The Morgan fingerprint density at radius 2 is 2.19 bits per heavy atom. The van der Waals surface area contributed by atoms with Gasteiger partial charge in [-0.2, -0.15) is 5.10 Å². The highest BCUT2D eigenvalue weighted by atomic mass is 19.1. The molecule has 0 saturated heterocycles. The number of halogens is 1. The molecule has 0 aromatic carbocycles. The van der Waals surface area contributed by atoms with Crippen molar-refractivity contribution >= 4 is 0 Å². The van der Waals surface area contributed by atoms with Crippen LogP contribution in [0, 0.1) is 0 Å². The SMILES string of the molecule is OCc1cc(-c2cnccn2)nn1CCF. The molecule has 0 amide bonds. The summed E-state index contributed by atoms with van der Waals surface area (Å²) in [4.78, 5) is 8.01. The average Bonchev–Trinajstić information content (AvgIpc) is 2.74. The molecule has 0 fully saturated rings. The van der Waals surface area contributed by atoms with Crippen molar-refractivity contribution in [1.29, 1.82) is 0 Å². The van der Waals surface area contributed by atoms with Crippen LogP contribution in [0.15, 0.2) is 24.7 Å². The molecule has 0 unspecified atom stereocenters. The predicted molar refractivity (Wildman–Crippen MR) is 55.2 cm³/mol. The summed E-state index contributed by atoms with van der Waals surface area (Å²) in [7, 11) is 0. The van der Waals surface area contributed by atoms with Crippen LogP contribution < -0.4 is 0 Å². The van der Waals surface area contributed by atoms with Gasteiger partial charge in [0.2, 0.25) is 0 Å². The molecule has 0 aliphatic rings. The van der Waals surface area contributed by atoms with Crippen molar-refractivity contribution in [1.82, 2.24) is 19.7 Å². The van der Waals surface area contributed by atoms with Crippen LogP contribution >= 0.6 is 0 Å². The largest absolute Gasteiger partial charge is 0.390 e. The van der Waals surface area contributed by atoms with Gasteiger partial charge in [0.25, 0.3) is 0 Å². The van der Waals surface area contributed by atoms with Crippen molar-refractivity contribution in [3.63, 3.8) is 0 Å². The molecule has 2 rings (SSSR count). The van der Waals surface area contributed by atoms with E-state index in [0.29, 0.717) is 17.1 Å². The van der Waals surface area contributed by atoms with E-state index in [4.69, 9.17) is 5.11 Å². The summed E-state index contributed by atoms with van der Waals surface area (Å²) in [6.07, 6.45) is 4.69. The Balaban J connectivity index is 2.36. The number of aliphatic hydroxyl groups excluding tert-OH is 1. The Labute approximate surface area is 91.6 Å². The lowest BCUT2D eigenvalue weighted by molar-refractivity contribution is 0.265. The summed E-state index contributed by atoms with van der Waals surface area (Å²) < 4.78 is 13.7. The Morgan fingerprint density at radius 1 is 1.31 bits per heavy atom. The van der Waals surface area contributed by atoms with Crippen molar-refractivity contribution in [3.05, 3.63) is 30.4 Å². The third-order valence-electron chi connectivity index (χ3n) is 2.15. The second kappa shape index (κ2) is 4.80. The zero-order valence-corrected chi connectivity index (χ0v) is 8.54. The molecule has 0 aliphatic heterocycles. The Hall–Kier alpha value is -1.82. The maximum Gasteiger partial charge on any atom is 0.113 e. The number of hydrogen-bond acceptors (Lipinski definition) is 4. The van der Waals surface area contributed by atoms with E-state index in [-0.39, 0.29) is 13.2 Å². The van der Waals surface area contributed by atoms with Gasteiger partial charge < -0.3 is 5.11 Å². The standard InChI is InChI=1S/C10H11FN4O/c11-1-4-15-8(7-16)5-9(14-15)10-6-12-2-3-13-10/h2-3,5-6,16H,1,4,7H2. The minimum absolute atomic E-state index is 0.135. The maximum atomic E-state index is 12.2. The van der Waals surface area contributed by atoms with E-state index < -0.39 is 6.67 Å². The zero-order chi connectivity index (χ0) is 11.4. The first kappa shape index (κ1) is 10.7. The minimum atomic E-state index is -0.519. The van der Waals surface area contributed by atoms with Crippen LogP contribution in [0.4, 0.5) is 4.39 Å². The third-order valence-corrected chi connectivity index (χ3v) is 2.15. The van der Waals surface area contributed by atoms with Gasteiger partial charge in [0.1, 0.15) is 18.1 Å². The van der Waals surface area contributed by atoms with E-state index in [2.05, 4.69) is 15.1 Å². The second-order valence-electron chi connectivity index (χ2n) is 3.18. The predicted octanol–water partition coefficient (Wildman–Crippen LogP) is 0.802. The first-order valence-corrected chi connectivity index (χ1v) is 4.85. The lowest BCUT2D eigenvalue weighted by Gasteiger charge is -2.00. The van der Waals surface area contributed by atoms with Crippen LogP contribution in [0.5, 0.6) is 0 Å². The van der Waals surface area contributed by atoms with E-state index in [0.717, 1.165) is 0 Å². The third kappa shape index (κ3) is 2.06. The molecule has 2 aromatic rings. The highest BCUT2D eigenvalue weighted by molar-refractivity contribution is 5.52. The normalized spacial score (nSPS) is 10.6. The molecule has 1 N–H and O–H groups in total. The minimum Gasteiger partial charge on any atom is -0.390 e. The van der Waals surface area contributed by atoms with E-state index in [1.54, 1.807) is 24.7 Å². The van der Waals surface area contributed by atoms with Gasteiger partial charge in [-0.1, -0.05) is 0 Å². The molecule has 5 nitrogen and oxygen atoms in total. The number of hydrogen-bond donors (Lipinski definition) is 1. The Morgan fingerprint density at radius 3 is 2.81 bits per heavy atom. The summed E-state index contributed by atoms with van der Waals surface area (Å²) in [5.41, 5.74) is 1.76. The summed E-state index contributed by atoms with van der Waals surface area (Å²) in [6.45, 7) is -0.558. The molecule has 6 heteroatoms. The van der Waals surface area contributed by atoms with Gasteiger partial charge in [0.05, 0.1) is 25.0 Å². The maximum absolute atomic E-state index is 12.2. The van der Waals surface area contributed by atoms with Gasteiger partial charge in [-0.15, -0.1) is 0 Å². The summed E-state index contributed by atoms with van der Waals surface area (Å²) in [5, 5.41) is 13.2. The van der Waals surface area contributed by atoms with Crippen LogP contribution in [0.1, 0.15) is 5.69 Å². The molecular formula is C10H11FN4O. The molecular weight excluding hydrogens is 211 g/mol. The lowest BCUT2D eigenvalue weighted by Crippen LogP contribution is -2.06. The molecule has 0 saturated carbocycles. The fourth-order valence-electron chi connectivity index (χ4n) is 1.41. The van der Waals surface area contributed by atoms with Gasteiger partial charge in [-0.05, 0) is 6.07 Å². The Kier molecular flexibility index (Phi) is 3.21. The molecule has 0 bridgehead atoms. The number of rotatable bonds is 4. The second-order valence-corrected chi connectivity index (χ2v) is 3.18. The van der Waals surface area contributed by atoms with E-state index in [1.807, 2.05) is 0 Å². The lowest BCUT2D eigenvalue weighted by atomic mass is 10.3. The van der Waals surface area contributed by atoms with Gasteiger partial charge in [0.15, 0.2) is 0 Å². The average molecular weight is 222 g/mol. The molecule has 0 radical (unpaired) electrons. The molecule has 0 atom stereocenters.